The molecule has 94 valence electrons. The Bertz CT molecular complexity index is 481. The van der Waals surface area contributed by atoms with Crippen molar-refractivity contribution in [2.24, 2.45) is 0 Å². The van der Waals surface area contributed by atoms with Gasteiger partial charge >= 0.3 is 5.97 Å². The van der Waals surface area contributed by atoms with Crippen molar-refractivity contribution in [3.05, 3.63) is 60.7 Å². The number of hydrogen-bond acceptors (Lipinski definition) is 2. The van der Waals surface area contributed by atoms with E-state index in [2.05, 4.69) is 19.7 Å². The van der Waals surface area contributed by atoms with Gasteiger partial charge in [-0.15, -0.1) is 13.2 Å². The molecule has 3 nitrogen and oxygen atoms in total. The predicted octanol–water partition coefficient (Wildman–Crippen LogP) is 2.95. The monoisotopic (exact) mass is 244 g/mol. The summed E-state index contributed by atoms with van der Waals surface area (Å²) >= 11 is 0. The summed E-state index contributed by atoms with van der Waals surface area (Å²) in [5.41, 5.74) is 1.78. The van der Waals surface area contributed by atoms with Gasteiger partial charge in [0.25, 0.3) is 0 Å². The summed E-state index contributed by atoms with van der Waals surface area (Å²) < 4.78 is 0. The Morgan fingerprint density at radius 1 is 1.17 bits per heavy atom. The van der Waals surface area contributed by atoms with Crippen LogP contribution in [-0.4, -0.2) is 16.2 Å². The van der Waals surface area contributed by atoms with Gasteiger partial charge in [0.15, 0.2) is 0 Å². The summed E-state index contributed by atoms with van der Waals surface area (Å²) in [5, 5.41) is 19.0. The van der Waals surface area contributed by atoms with Gasteiger partial charge in [-0.3, -0.25) is 0 Å². The van der Waals surface area contributed by atoms with Crippen LogP contribution in [0.2, 0.25) is 0 Å². The van der Waals surface area contributed by atoms with Gasteiger partial charge in [0, 0.05) is 0 Å². The quantitative estimate of drug-likeness (QED) is 0.597. The van der Waals surface area contributed by atoms with E-state index in [-0.39, 0.29) is 11.3 Å². The molecule has 18 heavy (non-hydrogen) atoms. The van der Waals surface area contributed by atoms with Crippen LogP contribution >= 0.6 is 0 Å². The highest BCUT2D eigenvalue weighted by Crippen LogP contribution is 2.29. The Morgan fingerprint density at radius 3 is 1.94 bits per heavy atom. The van der Waals surface area contributed by atoms with Crippen molar-refractivity contribution < 1.29 is 15.0 Å². The van der Waals surface area contributed by atoms with Crippen molar-refractivity contribution in [1.29, 1.82) is 0 Å². The summed E-state index contributed by atoms with van der Waals surface area (Å²) in [6.45, 7) is 10.7. The van der Waals surface area contributed by atoms with Crippen LogP contribution < -0.4 is 0 Å². The molecule has 0 spiro atoms. The third kappa shape index (κ3) is 2.88. The number of carboxylic acid groups (broad SMARTS) is 1. The van der Waals surface area contributed by atoms with Crippen LogP contribution in [-0.2, 0) is 17.6 Å². The summed E-state index contributed by atoms with van der Waals surface area (Å²) in [7, 11) is 0. The van der Waals surface area contributed by atoms with Crippen LogP contribution in [0, 0.1) is 0 Å². The van der Waals surface area contributed by atoms with Gasteiger partial charge in [-0.1, -0.05) is 18.7 Å². The largest absolute Gasteiger partial charge is 0.507 e. The van der Waals surface area contributed by atoms with Gasteiger partial charge in [-0.05, 0) is 41.7 Å². The molecule has 0 aliphatic carbocycles. The van der Waals surface area contributed by atoms with Crippen molar-refractivity contribution in [1.82, 2.24) is 0 Å². The van der Waals surface area contributed by atoms with E-state index in [9.17, 15) is 9.90 Å². The first-order valence-electron chi connectivity index (χ1n) is 5.50. The second-order valence-electron chi connectivity index (χ2n) is 3.91. The fourth-order valence-electron chi connectivity index (χ4n) is 1.68. The first-order chi connectivity index (χ1) is 8.51. The standard InChI is InChI=1S/C15H16O3/c1-4-6-11-8-13(10(3)15(17)18)9-12(7-5-2)14(11)16/h4-5,8-9,16H,1-3,6-7H2,(H,17,18). The zero-order chi connectivity index (χ0) is 13.7. The number of hydrogen-bond donors (Lipinski definition) is 2. The number of aliphatic carboxylic acids is 1. The summed E-state index contributed by atoms with van der Waals surface area (Å²) in [6.07, 6.45) is 4.24. The molecule has 0 amide bonds. The Kier molecular flexibility index (Phi) is 4.49. The molecule has 0 heterocycles. The van der Waals surface area contributed by atoms with Crippen LogP contribution in [0.15, 0.2) is 44.0 Å². The maximum atomic E-state index is 10.9. The van der Waals surface area contributed by atoms with Crippen molar-refractivity contribution in [3.8, 4) is 5.75 Å². The van der Waals surface area contributed by atoms with E-state index in [4.69, 9.17) is 5.11 Å². The number of phenolic OH excluding ortho intramolecular Hbond substituents is 1. The van der Waals surface area contributed by atoms with Crippen LogP contribution in [0.5, 0.6) is 5.75 Å². The average Bonchev–Trinajstić information content (AvgIpc) is 2.33. The molecule has 3 heteroatoms. The molecule has 0 bridgehead atoms. The zero-order valence-electron chi connectivity index (χ0n) is 10.1. The van der Waals surface area contributed by atoms with E-state index in [0.29, 0.717) is 29.5 Å². The molecule has 0 aliphatic heterocycles. The smallest absolute Gasteiger partial charge is 0.335 e. The number of benzene rings is 1. The number of carboxylic acids is 1. The Labute approximate surface area is 106 Å². The molecule has 0 aliphatic rings. The van der Waals surface area contributed by atoms with Crippen molar-refractivity contribution in [3.63, 3.8) is 0 Å². The Hall–Kier alpha value is -2.29. The molecular weight excluding hydrogens is 228 g/mol. The fraction of sp³-hybridized carbons (Fsp3) is 0.133. The second kappa shape index (κ2) is 5.87. The first kappa shape index (κ1) is 13.8. The van der Waals surface area contributed by atoms with E-state index < -0.39 is 5.97 Å². The van der Waals surface area contributed by atoms with E-state index in [1.54, 1.807) is 24.3 Å². The molecule has 0 saturated carbocycles. The fourth-order valence-corrected chi connectivity index (χ4v) is 1.68. The summed E-state index contributed by atoms with van der Waals surface area (Å²) in [4.78, 5) is 10.9. The molecule has 0 radical (unpaired) electrons. The van der Waals surface area contributed by atoms with Crippen molar-refractivity contribution >= 4 is 11.5 Å². The SMILES string of the molecule is C=CCc1cc(C(=C)C(=O)O)cc(CC=C)c1O. The Balaban J connectivity index is 3.36. The first-order valence-corrected chi connectivity index (χ1v) is 5.50. The molecule has 2 N–H and O–H groups in total. The average molecular weight is 244 g/mol. The van der Waals surface area contributed by atoms with Crippen LogP contribution in [0.4, 0.5) is 0 Å². The number of allylic oxidation sites excluding steroid dienone is 2. The molecule has 0 saturated heterocycles. The molecule has 0 unspecified atom stereocenters. The van der Waals surface area contributed by atoms with E-state index in [1.807, 2.05) is 0 Å². The van der Waals surface area contributed by atoms with Gasteiger partial charge in [-0.25, -0.2) is 4.79 Å². The number of carbonyl (C=O) groups is 1. The minimum Gasteiger partial charge on any atom is -0.507 e. The minimum atomic E-state index is -1.07. The maximum absolute atomic E-state index is 10.9. The zero-order valence-corrected chi connectivity index (χ0v) is 10.1. The lowest BCUT2D eigenvalue weighted by molar-refractivity contribution is -0.130. The topological polar surface area (TPSA) is 57.5 Å². The predicted molar refractivity (Wildman–Crippen MR) is 72.6 cm³/mol. The molecule has 1 rings (SSSR count). The maximum Gasteiger partial charge on any atom is 0.335 e. The van der Waals surface area contributed by atoms with Gasteiger partial charge < -0.3 is 10.2 Å². The summed E-state index contributed by atoms with van der Waals surface area (Å²) in [6, 6.07) is 3.25. The molecule has 0 aromatic heterocycles. The van der Waals surface area contributed by atoms with Crippen LogP contribution in [0.25, 0.3) is 5.57 Å². The number of phenols is 1. The van der Waals surface area contributed by atoms with Gasteiger partial charge in [-0.2, -0.15) is 0 Å². The normalized spacial score (nSPS) is 9.78. The van der Waals surface area contributed by atoms with Gasteiger partial charge in [0.1, 0.15) is 5.75 Å². The third-order valence-electron chi connectivity index (χ3n) is 2.60. The van der Waals surface area contributed by atoms with Gasteiger partial charge in [0.2, 0.25) is 0 Å². The number of aromatic hydroxyl groups is 1. The lowest BCUT2D eigenvalue weighted by atomic mass is 9.96. The van der Waals surface area contributed by atoms with E-state index in [1.165, 1.54) is 0 Å². The second-order valence-corrected chi connectivity index (χ2v) is 3.91. The molecule has 1 aromatic carbocycles. The molecule has 0 fully saturated rings. The molecule has 0 atom stereocenters. The summed E-state index contributed by atoms with van der Waals surface area (Å²) in [5.74, 6) is -0.911. The highest BCUT2D eigenvalue weighted by Gasteiger charge is 2.13. The minimum absolute atomic E-state index is 0.00521. The number of rotatable bonds is 6. The lowest BCUT2D eigenvalue weighted by Gasteiger charge is -2.11. The van der Waals surface area contributed by atoms with Crippen molar-refractivity contribution in [2.75, 3.05) is 0 Å². The highest BCUT2D eigenvalue weighted by molar-refractivity contribution is 6.14. The highest BCUT2D eigenvalue weighted by atomic mass is 16.4. The molecular formula is C15H16O3. The van der Waals surface area contributed by atoms with Crippen molar-refractivity contribution in [2.45, 2.75) is 12.8 Å². The van der Waals surface area contributed by atoms with Crippen LogP contribution in [0.3, 0.4) is 0 Å². The third-order valence-corrected chi connectivity index (χ3v) is 2.60. The molecule has 1 aromatic rings. The Morgan fingerprint density at radius 2 is 1.61 bits per heavy atom. The van der Waals surface area contributed by atoms with E-state index in [0.717, 1.165) is 0 Å². The van der Waals surface area contributed by atoms with Gasteiger partial charge in [0.05, 0.1) is 5.57 Å². The van der Waals surface area contributed by atoms with Crippen LogP contribution in [0.1, 0.15) is 16.7 Å². The lowest BCUT2D eigenvalue weighted by Crippen LogP contribution is -2.01. The van der Waals surface area contributed by atoms with E-state index >= 15 is 0 Å².